The van der Waals surface area contributed by atoms with Crippen LogP contribution in [0.1, 0.15) is 13.8 Å². The predicted octanol–water partition coefficient (Wildman–Crippen LogP) is 2.07. The second-order valence-electron chi connectivity index (χ2n) is 5.19. The summed E-state index contributed by atoms with van der Waals surface area (Å²) in [5, 5.41) is 0. The van der Waals surface area contributed by atoms with Crippen LogP contribution in [0, 0.1) is 5.82 Å². The fourth-order valence-corrected chi connectivity index (χ4v) is 2.76. The zero-order valence-corrected chi connectivity index (χ0v) is 12.0. The highest BCUT2D eigenvalue weighted by atomic mass is 19.1. The highest BCUT2D eigenvalue weighted by molar-refractivity contribution is 5.69. The van der Waals surface area contributed by atoms with Crippen molar-refractivity contribution in [2.45, 2.75) is 25.9 Å². The van der Waals surface area contributed by atoms with Crippen LogP contribution in [0.25, 0.3) is 0 Å². The zero-order valence-electron chi connectivity index (χ0n) is 12.0. The Labute approximate surface area is 118 Å². The Balaban J connectivity index is 2.20. The van der Waals surface area contributed by atoms with Gasteiger partial charge in [0.1, 0.15) is 5.82 Å². The van der Waals surface area contributed by atoms with Gasteiger partial charge in [0.15, 0.2) is 0 Å². The van der Waals surface area contributed by atoms with Crippen LogP contribution in [0.15, 0.2) is 18.2 Å². The lowest BCUT2D eigenvalue weighted by Crippen LogP contribution is -2.58. The third-order valence-electron chi connectivity index (χ3n) is 3.62. The van der Waals surface area contributed by atoms with Crippen molar-refractivity contribution in [1.82, 2.24) is 4.90 Å². The average molecular weight is 281 g/mol. The molecule has 5 nitrogen and oxygen atoms in total. The molecule has 1 amide bonds. The summed E-state index contributed by atoms with van der Waals surface area (Å²) in [6, 6.07) is 4.57. The van der Waals surface area contributed by atoms with Crippen molar-refractivity contribution in [2.24, 2.45) is 0 Å². The first-order valence-electron chi connectivity index (χ1n) is 6.60. The van der Waals surface area contributed by atoms with Gasteiger partial charge >= 0.3 is 6.09 Å². The topological polar surface area (TPSA) is 58.8 Å². The largest absolute Gasteiger partial charge is 0.453 e. The maximum absolute atomic E-state index is 14.0. The number of halogens is 1. The van der Waals surface area contributed by atoms with E-state index in [-0.39, 0.29) is 24.0 Å². The summed E-state index contributed by atoms with van der Waals surface area (Å²) in [4.78, 5) is 15.4. The van der Waals surface area contributed by atoms with Crippen molar-refractivity contribution in [3.8, 4) is 0 Å². The lowest BCUT2D eigenvalue weighted by atomic mass is 10.1. The number of ether oxygens (including phenoxy) is 1. The lowest BCUT2D eigenvalue weighted by Gasteiger charge is -2.44. The van der Waals surface area contributed by atoms with E-state index in [4.69, 9.17) is 10.5 Å². The Morgan fingerprint density at radius 3 is 2.45 bits per heavy atom. The van der Waals surface area contributed by atoms with Gasteiger partial charge in [-0.05, 0) is 32.0 Å². The minimum atomic E-state index is -0.345. The molecule has 1 aliphatic rings. The number of anilines is 2. The predicted molar refractivity (Wildman–Crippen MR) is 76.2 cm³/mol. The molecule has 1 heterocycles. The third kappa shape index (κ3) is 2.64. The maximum Gasteiger partial charge on any atom is 0.410 e. The SMILES string of the molecule is COC(=O)N1C(C)CN(c2ccc(N)cc2F)CC1C. The van der Waals surface area contributed by atoms with Crippen LogP contribution >= 0.6 is 0 Å². The van der Waals surface area contributed by atoms with E-state index in [2.05, 4.69) is 0 Å². The molecule has 0 saturated carbocycles. The van der Waals surface area contributed by atoms with Gasteiger partial charge in [0.25, 0.3) is 0 Å². The van der Waals surface area contributed by atoms with E-state index >= 15 is 0 Å². The van der Waals surface area contributed by atoms with E-state index in [0.29, 0.717) is 24.5 Å². The smallest absolute Gasteiger partial charge is 0.410 e. The standard InChI is InChI=1S/C14H20FN3O2/c1-9-7-17(8-10(2)18(9)14(19)20-3)13-5-4-11(16)6-12(13)15/h4-6,9-10H,7-8,16H2,1-3H3. The molecule has 0 aliphatic carbocycles. The number of methoxy groups -OCH3 is 1. The van der Waals surface area contributed by atoms with Gasteiger partial charge in [-0.15, -0.1) is 0 Å². The molecule has 1 aromatic carbocycles. The van der Waals surface area contributed by atoms with Crippen LogP contribution in [0.5, 0.6) is 0 Å². The first-order chi connectivity index (χ1) is 9.43. The number of amides is 1. The number of benzene rings is 1. The first-order valence-corrected chi connectivity index (χ1v) is 6.60. The summed E-state index contributed by atoms with van der Waals surface area (Å²) in [6.07, 6.45) is -0.345. The molecule has 1 aliphatic heterocycles. The second kappa shape index (κ2) is 5.56. The van der Waals surface area contributed by atoms with Crippen molar-refractivity contribution in [3.63, 3.8) is 0 Å². The quantitative estimate of drug-likeness (QED) is 0.801. The van der Waals surface area contributed by atoms with Gasteiger partial charge in [-0.3, -0.25) is 4.90 Å². The van der Waals surface area contributed by atoms with Gasteiger partial charge in [-0.25, -0.2) is 9.18 Å². The van der Waals surface area contributed by atoms with Crippen molar-refractivity contribution >= 4 is 17.5 Å². The molecule has 2 atom stereocenters. The first kappa shape index (κ1) is 14.4. The number of nitrogens with zero attached hydrogens (tertiary/aromatic N) is 2. The van der Waals surface area contributed by atoms with Crippen molar-refractivity contribution < 1.29 is 13.9 Å². The van der Waals surface area contributed by atoms with Crippen LogP contribution in [-0.2, 0) is 4.74 Å². The van der Waals surface area contributed by atoms with E-state index in [1.54, 1.807) is 17.0 Å². The van der Waals surface area contributed by atoms with Crippen LogP contribution < -0.4 is 10.6 Å². The molecule has 0 bridgehead atoms. The minimum absolute atomic E-state index is 0.0526. The number of carbonyl (C=O) groups is 1. The summed E-state index contributed by atoms with van der Waals surface area (Å²) in [5.74, 6) is -0.337. The molecule has 0 spiro atoms. The van der Waals surface area contributed by atoms with Gasteiger partial charge in [0.05, 0.1) is 24.9 Å². The van der Waals surface area contributed by atoms with E-state index in [9.17, 15) is 9.18 Å². The average Bonchev–Trinajstić information content (AvgIpc) is 2.37. The lowest BCUT2D eigenvalue weighted by molar-refractivity contribution is 0.0819. The Hall–Kier alpha value is -1.98. The van der Waals surface area contributed by atoms with Gasteiger partial charge in [-0.1, -0.05) is 0 Å². The minimum Gasteiger partial charge on any atom is -0.453 e. The van der Waals surface area contributed by atoms with Crippen LogP contribution in [-0.4, -0.2) is 43.3 Å². The molecular weight excluding hydrogens is 261 g/mol. The Kier molecular flexibility index (Phi) is 4.01. The molecule has 1 saturated heterocycles. The summed E-state index contributed by atoms with van der Waals surface area (Å²) < 4.78 is 18.8. The number of rotatable bonds is 1. The molecule has 1 fully saturated rings. The van der Waals surface area contributed by atoms with Crippen LogP contribution in [0.4, 0.5) is 20.6 Å². The van der Waals surface area contributed by atoms with E-state index < -0.39 is 0 Å². The second-order valence-corrected chi connectivity index (χ2v) is 5.19. The molecule has 2 rings (SSSR count). The highest BCUT2D eigenvalue weighted by Crippen LogP contribution is 2.26. The number of nitrogen functional groups attached to an aromatic ring is 1. The third-order valence-corrected chi connectivity index (χ3v) is 3.62. The molecule has 2 unspecified atom stereocenters. The molecule has 6 heteroatoms. The summed E-state index contributed by atoms with van der Waals surface area (Å²) in [6.45, 7) is 4.96. The van der Waals surface area contributed by atoms with Crippen LogP contribution in [0.3, 0.4) is 0 Å². The fourth-order valence-electron chi connectivity index (χ4n) is 2.76. The number of piperazine rings is 1. The molecule has 2 N–H and O–H groups in total. The van der Waals surface area contributed by atoms with Crippen molar-refractivity contribution in [1.29, 1.82) is 0 Å². The zero-order chi connectivity index (χ0) is 14.9. The summed E-state index contributed by atoms with van der Waals surface area (Å²) in [5.41, 5.74) is 6.48. The Morgan fingerprint density at radius 1 is 1.35 bits per heavy atom. The van der Waals surface area contributed by atoms with Gasteiger partial charge in [-0.2, -0.15) is 0 Å². The van der Waals surface area contributed by atoms with Crippen molar-refractivity contribution in [2.75, 3.05) is 30.8 Å². The van der Waals surface area contributed by atoms with Gasteiger partial charge in [0, 0.05) is 18.8 Å². The van der Waals surface area contributed by atoms with E-state index in [0.717, 1.165) is 0 Å². The van der Waals surface area contributed by atoms with Crippen molar-refractivity contribution in [3.05, 3.63) is 24.0 Å². The van der Waals surface area contributed by atoms with E-state index in [1.165, 1.54) is 13.2 Å². The van der Waals surface area contributed by atoms with E-state index in [1.807, 2.05) is 18.7 Å². The summed E-state index contributed by atoms with van der Waals surface area (Å²) >= 11 is 0. The fraction of sp³-hybridized carbons (Fsp3) is 0.500. The number of hydrogen-bond acceptors (Lipinski definition) is 4. The number of nitrogens with two attached hydrogens (primary N) is 1. The molecule has 0 radical (unpaired) electrons. The normalized spacial score (nSPS) is 22.8. The molecular formula is C14H20FN3O2. The Bertz CT molecular complexity index is 497. The molecule has 20 heavy (non-hydrogen) atoms. The number of carbonyl (C=O) groups excluding carboxylic acids is 1. The molecule has 0 aromatic heterocycles. The number of hydrogen-bond donors (Lipinski definition) is 1. The Morgan fingerprint density at radius 2 is 1.95 bits per heavy atom. The van der Waals surface area contributed by atoms with Crippen LogP contribution in [0.2, 0.25) is 0 Å². The van der Waals surface area contributed by atoms with Gasteiger partial charge < -0.3 is 15.4 Å². The maximum atomic E-state index is 14.0. The molecule has 110 valence electrons. The molecule has 1 aromatic rings. The monoisotopic (exact) mass is 281 g/mol. The van der Waals surface area contributed by atoms with Gasteiger partial charge in [0.2, 0.25) is 0 Å². The highest BCUT2D eigenvalue weighted by Gasteiger charge is 2.34. The summed E-state index contributed by atoms with van der Waals surface area (Å²) in [7, 11) is 1.37.